The standard InChI is InChI=1S/C14H25NO4/c1-10(2)19-9-7-12(16)15-14(3)8-5-4-6-11(14)13(17)18/h10-11H,4-9H2,1-3H3,(H,15,16)(H,17,18). The first kappa shape index (κ1) is 16.0. The van der Waals surface area contributed by atoms with E-state index in [0.29, 0.717) is 13.0 Å². The van der Waals surface area contributed by atoms with Crippen LogP contribution in [0.4, 0.5) is 0 Å². The molecule has 2 N–H and O–H groups in total. The Bertz CT molecular complexity index is 329. The van der Waals surface area contributed by atoms with Crippen molar-refractivity contribution in [1.82, 2.24) is 5.32 Å². The fourth-order valence-corrected chi connectivity index (χ4v) is 2.65. The summed E-state index contributed by atoms with van der Waals surface area (Å²) in [4.78, 5) is 23.2. The second-order valence-corrected chi connectivity index (χ2v) is 5.77. The highest BCUT2D eigenvalue weighted by atomic mass is 16.5. The van der Waals surface area contributed by atoms with Gasteiger partial charge in [0.1, 0.15) is 0 Å². The van der Waals surface area contributed by atoms with Gasteiger partial charge in [-0.15, -0.1) is 0 Å². The lowest BCUT2D eigenvalue weighted by Crippen LogP contribution is -2.55. The maximum Gasteiger partial charge on any atom is 0.308 e. The summed E-state index contributed by atoms with van der Waals surface area (Å²) in [6.07, 6.45) is 3.61. The third-order valence-electron chi connectivity index (χ3n) is 3.71. The molecule has 0 bridgehead atoms. The van der Waals surface area contributed by atoms with Gasteiger partial charge in [0.2, 0.25) is 5.91 Å². The lowest BCUT2D eigenvalue weighted by Gasteiger charge is -2.39. The quantitative estimate of drug-likeness (QED) is 0.774. The van der Waals surface area contributed by atoms with E-state index in [2.05, 4.69) is 5.32 Å². The highest BCUT2D eigenvalue weighted by Crippen LogP contribution is 2.33. The maximum atomic E-state index is 11.9. The van der Waals surface area contributed by atoms with E-state index in [0.717, 1.165) is 19.3 Å². The van der Waals surface area contributed by atoms with Gasteiger partial charge in [0.15, 0.2) is 0 Å². The van der Waals surface area contributed by atoms with Crippen LogP contribution in [0, 0.1) is 5.92 Å². The van der Waals surface area contributed by atoms with Gasteiger partial charge in [0, 0.05) is 6.42 Å². The zero-order valence-corrected chi connectivity index (χ0v) is 12.1. The van der Waals surface area contributed by atoms with E-state index in [1.54, 1.807) is 0 Å². The van der Waals surface area contributed by atoms with Crippen LogP contribution < -0.4 is 5.32 Å². The number of amides is 1. The molecule has 2 atom stereocenters. The SMILES string of the molecule is CC(C)OCCC(=O)NC1(C)CCCCC1C(=O)O. The summed E-state index contributed by atoms with van der Waals surface area (Å²) < 4.78 is 5.33. The Hall–Kier alpha value is -1.10. The normalized spacial score (nSPS) is 27.3. The molecule has 19 heavy (non-hydrogen) atoms. The van der Waals surface area contributed by atoms with Crippen molar-refractivity contribution >= 4 is 11.9 Å². The highest BCUT2D eigenvalue weighted by molar-refractivity contribution is 5.79. The lowest BCUT2D eigenvalue weighted by molar-refractivity contribution is -0.146. The average Bonchev–Trinajstić information content (AvgIpc) is 2.27. The van der Waals surface area contributed by atoms with Crippen molar-refractivity contribution in [3.05, 3.63) is 0 Å². The minimum atomic E-state index is -0.819. The number of carboxylic acid groups (broad SMARTS) is 1. The number of nitrogens with one attached hydrogen (secondary N) is 1. The molecule has 0 aromatic carbocycles. The minimum Gasteiger partial charge on any atom is -0.481 e. The van der Waals surface area contributed by atoms with Gasteiger partial charge in [-0.2, -0.15) is 0 Å². The summed E-state index contributed by atoms with van der Waals surface area (Å²) in [5, 5.41) is 12.2. The molecular formula is C14H25NO4. The van der Waals surface area contributed by atoms with Crippen LogP contribution in [0.5, 0.6) is 0 Å². The highest BCUT2D eigenvalue weighted by Gasteiger charge is 2.41. The molecule has 1 saturated carbocycles. The van der Waals surface area contributed by atoms with Gasteiger partial charge in [0.25, 0.3) is 0 Å². The Labute approximate surface area is 114 Å². The third-order valence-corrected chi connectivity index (χ3v) is 3.71. The van der Waals surface area contributed by atoms with Gasteiger partial charge in [0.05, 0.1) is 24.2 Å². The molecular weight excluding hydrogens is 246 g/mol. The van der Waals surface area contributed by atoms with E-state index in [-0.39, 0.29) is 18.4 Å². The second kappa shape index (κ2) is 6.89. The molecule has 5 heteroatoms. The molecule has 110 valence electrons. The van der Waals surface area contributed by atoms with Crippen LogP contribution >= 0.6 is 0 Å². The number of hydrogen-bond donors (Lipinski definition) is 2. The molecule has 0 aromatic rings. The van der Waals surface area contributed by atoms with Crippen molar-refractivity contribution in [3.63, 3.8) is 0 Å². The molecule has 0 saturated heterocycles. The van der Waals surface area contributed by atoms with Crippen LogP contribution in [-0.2, 0) is 14.3 Å². The fraction of sp³-hybridized carbons (Fsp3) is 0.857. The van der Waals surface area contributed by atoms with Crippen molar-refractivity contribution in [3.8, 4) is 0 Å². The average molecular weight is 271 g/mol. The smallest absolute Gasteiger partial charge is 0.308 e. The van der Waals surface area contributed by atoms with E-state index in [1.807, 2.05) is 20.8 Å². The molecule has 0 aromatic heterocycles. The van der Waals surface area contributed by atoms with Crippen LogP contribution in [0.15, 0.2) is 0 Å². The number of carbonyl (C=O) groups is 2. The third kappa shape index (κ3) is 4.82. The number of carboxylic acids is 1. The summed E-state index contributed by atoms with van der Waals surface area (Å²) in [6, 6.07) is 0. The molecule has 1 amide bonds. The molecule has 1 aliphatic rings. The molecule has 1 aliphatic carbocycles. The summed E-state index contributed by atoms with van der Waals surface area (Å²) >= 11 is 0. The van der Waals surface area contributed by atoms with E-state index in [1.165, 1.54) is 0 Å². The van der Waals surface area contributed by atoms with Gasteiger partial charge in [-0.1, -0.05) is 12.8 Å². The molecule has 0 spiro atoms. The molecule has 0 aliphatic heterocycles. The van der Waals surface area contributed by atoms with Crippen molar-refractivity contribution in [1.29, 1.82) is 0 Å². The van der Waals surface area contributed by atoms with E-state index >= 15 is 0 Å². The van der Waals surface area contributed by atoms with Crippen LogP contribution in [0.3, 0.4) is 0 Å². The van der Waals surface area contributed by atoms with Crippen LogP contribution in [0.25, 0.3) is 0 Å². The predicted octanol–water partition coefficient (Wildman–Crippen LogP) is 1.95. The first-order valence-electron chi connectivity index (χ1n) is 7.00. The first-order valence-corrected chi connectivity index (χ1v) is 7.00. The summed E-state index contributed by atoms with van der Waals surface area (Å²) in [6.45, 7) is 6.05. The lowest BCUT2D eigenvalue weighted by atomic mass is 9.74. The van der Waals surface area contributed by atoms with Crippen molar-refractivity contribution in [2.75, 3.05) is 6.61 Å². The van der Waals surface area contributed by atoms with Gasteiger partial charge >= 0.3 is 5.97 Å². The van der Waals surface area contributed by atoms with Gasteiger partial charge in [-0.25, -0.2) is 0 Å². The zero-order valence-electron chi connectivity index (χ0n) is 12.1. The largest absolute Gasteiger partial charge is 0.481 e. The Kier molecular flexibility index (Phi) is 5.79. The molecule has 0 radical (unpaired) electrons. The van der Waals surface area contributed by atoms with Crippen LogP contribution in [0.2, 0.25) is 0 Å². The molecule has 5 nitrogen and oxygen atoms in total. The van der Waals surface area contributed by atoms with Crippen molar-refractivity contribution in [2.24, 2.45) is 5.92 Å². The van der Waals surface area contributed by atoms with Crippen LogP contribution in [-0.4, -0.2) is 35.2 Å². The van der Waals surface area contributed by atoms with Gasteiger partial charge in [-0.05, 0) is 33.6 Å². The predicted molar refractivity (Wildman–Crippen MR) is 71.8 cm³/mol. The van der Waals surface area contributed by atoms with Gasteiger partial charge < -0.3 is 15.2 Å². The molecule has 0 heterocycles. The molecule has 1 rings (SSSR count). The topological polar surface area (TPSA) is 75.6 Å². The second-order valence-electron chi connectivity index (χ2n) is 5.77. The van der Waals surface area contributed by atoms with Crippen LogP contribution in [0.1, 0.15) is 52.9 Å². The summed E-state index contributed by atoms with van der Waals surface area (Å²) in [7, 11) is 0. The number of hydrogen-bond acceptors (Lipinski definition) is 3. The minimum absolute atomic E-state index is 0.102. The van der Waals surface area contributed by atoms with E-state index in [9.17, 15) is 14.7 Å². The molecule has 1 fully saturated rings. The van der Waals surface area contributed by atoms with Crippen molar-refractivity contribution in [2.45, 2.75) is 64.5 Å². The Balaban J connectivity index is 2.51. The summed E-state index contributed by atoms with van der Waals surface area (Å²) in [5.41, 5.74) is -0.626. The van der Waals surface area contributed by atoms with E-state index < -0.39 is 17.4 Å². The Morgan fingerprint density at radius 2 is 2.11 bits per heavy atom. The fourth-order valence-electron chi connectivity index (χ4n) is 2.65. The molecule has 2 unspecified atom stereocenters. The number of aliphatic carboxylic acids is 1. The summed E-state index contributed by atoms with van der Waals surface area (Å²) in [5.74, 6) is -1.44. The number of carbonyl (C=O) groups excluding carboxylic acids is 1. The Morgan fingerprint density at radius 3 is 2.68 bits per heavy atom. The number of rotatable bonds is 6. The maximum absolute atomic E-state index is 11.9. The Morgan fingerprint density at radius 1 is 1.42 bits per heavy atom. The van der Waals surface area contributed by atoms with Gasteiger partial charge in [-0.3, -0.25) is 9.59 Å². The zero-order chi connectivity index (χ0) is 14.5. The van der Waals surface area contributed by atoms with Crippen molar-refractivity contribution < 1.29 is 19.4 Å². The van der Waals surface area contributed by atoms with E-state index in [4.69, 9.17) is 4.74 Å². The monoisotopic (exact) mass is 271 g/mol. The first-order chi connectivity index (χ1) is 8.85. The number of ether oxygens (including phenoxy) is 1.